The smallest absolute Gasteiger partial charge is 0.209 e. The van der Waals surface area contributed by atoms with Crippen molar-refractivity contribution in [3.05, 3.63) is 21.3 Å². The van der Waals surface area contributed by atoms with Gasteiger partial charge >= 0.3 is 0 Å². The second-order valence-corrected chi connectivity index (χ2v) is 6.02. The number of thioether (sulfide) groups is 1. The number of nitrogens with one attached hydrogen (secondary N) is 1. The Morgan fingerprint density at radius 2 is 2.41 bits per heavy atom. The molecular formula is C9H12ClN5S2. The van der Waals surface area contributed by atoms with Gasteiger partial charge in [0.25, 0.3) is 0 Å². The van der Waals surface area contributed by atoms with Crippen LogP contribution in [-0.2, 0) is 12.3 Å². The molecule has 8 heteroatoms. The van der Waals surface area contributed by atoms with Gasteiger partial charge in [-0.3, -0.25) is 0 Å². The summed E-state index contributed by atoms with van der Waals surface area (Å²) in [5.41, 5.74) is 0. The molecule has 0 saturated carbocycles. The van der Waals surface area contributed by atoms with E-state index in [1.54, 1.807) is 27.8 Å². The number of hydrogen-bond donors (Lipinski definition) is 1. The summed E-state index contributed by atoms with van der Waals surface area (Å²) in [5.74, 6) is 0.845. The molecule has 0 bridgehead atoms. The van der Waals surface area contributed by atoms with E-state index in [0.29, 0.717) is 0 Å². The number of halogens is 1. The van der Waals surface area contributed by atoms with Gasteiger partial charge in [-0.05, 0) is 29.6 Å². The molecule has 2 rings (SSSR count). The summed E-state index contributed by atoms with van der Waals surface area (Å²) in [6, 6.07) is 3.94. The lowest BCUT2D eigenvalue weighted by Crippen LogP contribution is -2.16. The minimum atomic E-state index is 0.775. The van der Waals surface area contributed by atoms with Crippen molar-refractivity contribution < 1.29 is 0 Å². The molecule has 0 aliphatic heterocycles. The van der Waals surface area contributed by atoms with Gasteiger partial charge in [-0.15, -0.1) is 16.4 Å². The fourth-order valence-electron chi connectivity index (χ4n) is 1.22. The van der Waals surface area contributed by atoms with Crippen molar-refractivity contribution in [2.24, 2.45) is 0 Å². The van der Waals surface area contributed by atoms with Crippen molar-refractivity contribution in [1.29, 1.82) is 0 Å². The number of nitrogens with zero attached hydrogens (tertiary/aromatic N) is 4. The Balaban J connectivity index is 1.92. The van der Waals surface area contributed by atoms with Crippen molar-refractivity contribution in [3.63, 3.8) is 0 Å². The Labute approximate surface area is 113 Å². The summed E-state index contributed by atoms with van der Waals surface area (Å²) in [6.07, 6.45) is 0. The quantitative estimate of drug-likeness (QED) is 0.823. The third-order valence-corrected chi connectivity index (χ3v) is 4.46. The lowest BCUT2D eigenvalue weighted by molar-refractivity contribution is 0.530. The van der Waals surface area contributed by atoms with Crippen LogP contribution in [0.5, 0.6) is 0 Å². The number of aromatic nitrogens is 4. The van der Waals surface area contributed by atoms with Gasteiger partial charge in [0.05, 0.1) is 10.9 Å². The number of likely N-dealkylation sites (N-methyl/N-ethyl adjacent to an activating group) is 1. The maximum atomic E-state index is 5.88. The van der Waals surface area contributed by atoms with Crippen LogP contribution in [0.1, 0.15) is 4.88 Å². The molecule has 1 N–H and O–H groups in total. The molecule has 0 saturated heterocycles. The molecule has 0 fully saturated rings. The van der Waals surface area contributed by atoms with E-state index in [0.717, 1.165) is 28.3 Å². The maximum absolute atomic E-state index is 5.88. The van der Waals surface area contributed by atoms with Crippen LogP contribution in [0.3, 0.4) is 0 Å². The summed E-state index contributed by atoms with van der Waals surface area (Å²) in [6.45, 7) is 1.63. The molecular weight excluding hydrogens is 278 g/mol. The number of tetrazole rings is 1. The normalized spacial score (nSPS) is 10.9. The first-order chi connectivity index (χ1) is 8.29. The third-order valence-electron chi connectivity index (χ3n) is 2.05. The van der Waals surface area contributed by atoms with Gasteiger partial charge in [0, 0.05) is 17.2 Å². The fraction of sp³-hybridized carbons (Fsp3) is 0.444. The summed E-state index contributed by atoms with van der Waals surface area (Å²) in [7, 11) is 1.91. The molecule has 92 valence electrons. The van der Waals surface area contributed by atoms with Crippen LogP contribution in [0.4, 0.5) is 0 Å². The average molecular weight is 290 g/mol. The van der Waals surface area contributed by atoms with Gasteiger partial charge < -0.3 is 5.32 Å². The Kier molecular flexibility index (Phi) is 4.78. The minimum absolute atomic E-state index is 0.775. The minimum Gasteiger partial charge on any atom is -0.318 e. The molecule has 2 heterocycles. The van der Waals surface area contributed by atoms with E-state index in [9.17, 15) is 0 Å². The molecule has 0 radical (unpaired) electrons. The first-order valence-corrected chi connectivity index (χ1v) is 7.25. The Morgan fingerprint density at radius 1 is 1.53 bits per heavy atom. The summed E-state index contributed by atoms with van der Waals surface area (Å²) >= 11 is 9.09. The predicted molar refractivity (Wildman–Crippen MR) is 70.6 cm³/mol. The van der Waals surface area contributed by atoms with E-state index in [2.05, 4.69) is 20.8 Å². The average Bonchev–Trinajstić information content (AvgIpc) is 2.92. The van der Waals surface area contributed by atoms with Crippen LogP contribution < -0.4 is 5.32 Å². The molecule has 0 unspecified atom stereocenters. The highest BCUT2D eigenvalue weighted by molar-refractivity contribution is 7.98. The van der Waals surface area contributed by atoms with Crippen molar-refractivity contribution >= 4 is 34.7 Å². The van der Waals surface area contributed by atoms with Crippen molar-refractivity contribution in [3.8, 4) is 0 Å². The van der Waals surface area contributed by atoms with Crippen LogP contribution in [-0.4, -0.2) is 33.8 Å². The third kappa shape index (κ3) is 3.67. The number of rotatable bonds is 6. The second kappa shape index (κ2) is 6.34. The summed E-state index contributed by atoms with van der Waals surface area (Å²) in [5, 5.41) is 15.5. The van der Waals surface area contributed by atoms with E-state index in [1.807, 2.05) is 19.2 Å². The van der Waals surface area contributed by atoms with Crippen LogP contribution in [0.2, 0.25) is 4.34 Å². The zero-order chi connectivity index (χ0) is 12.1. The number of hydrogen-bond acceptors (Lipinski definition) is 6. The van der Waals surface area contributed by atoms with E-state index in [4.69, 9.17) is 11.6 Å². The molecule has 2 aromatic rings. The van der Waals surface area contributed by atoms with Crippen LogP contribution in [0, 0.1) is 0 Å². The van der Waals surface area contributed by atoms with Gasteiger partial charge in [-0.2, -0.15) is 0 Å². The van der Waals surface area contributed by atoms with Gasteiger partial charge in [0.2, 0.25) is 5.16 Å². The van der Waals surface area contributed by atoms with E-state index in [1.165, 1.54) is 4.88 Å². The Bertz CT molecular complexity index is 469. The molecule has 0 amide bonds. The molecule has 0 aliphatic carbocycles. The second-order valence-electron chi connectivity index (χ2n) is 3.28. The zero-order valence-corrected chi connectivity index (χ0v) is 11.6. The van der Waals surface area contributed by atoms with Crippen LogP contribution in [0.15, 0.2) is 17.3 Å². The van der Waals surface area contributed by atoms with Crippen LogP contribution >= 0.6 is 34.7 Å². The zero-order valence-electron chi connectivity index (χ0n) is 9.26. The summed E-state index contributed by atoms with van der Waals surface area (Å²) in [4.78, 5) is 1.23. The van der Waals surface area contributed by atoms with E-state index < -0.39 is 0 Å². The molecule has 0 aliphatic rings. The highest BCUT2D eigenvalue weighted by Crippen LogP contribution is 2.27. The number of thiophene rings is 1. The van der Waals surface area contributed by atoms with E-state index in [-0.39, 0.29) is 0 Å². The summed E-state index contributed by atoms with van der Waals surface area (Å²) < 4.78 is 2.62. The Hall–Kier alpha value is -0.630. The van der Waals surface area contributed by atoms with Gasteiger partial charge in [-0.1, -0.05) is 23.4 Å². The maximum Gasteiger partial charge on any atom is 0.209 e. The van der Waals surface area contributed by atoms with Crippen molar-refractivity contribution in [1.82, 2.24) is 25.5 Å². The predicted octanol–water partition coefficient (Wildman–Crippen LogP) is 1.90. The van der Waals surface area contributed by atoms with Crippen LogP contribution in [0.25, 0.3) is 0 Å². The highest BCUT2D eigenvalue weighted by atomic mass is 35.5. The largest absolute Gasteiger partial charge is 0.318 e. The Morgan fingerprint density at radius 3 is 3.12 bits per heavy atom. The monoisotopic (exact) mass is 289 g/mol. The molecule has 5 nitrogen and oxygen atoms in total. The topological polar surface area (TPSA) is 55.6 Å². The van der Waals surface area contributed by atoms with Gasteiger partial charge in [-0.25, -0.2) is 4.68 Å². The molecule has 0 aromatic carbocycles. The first-order valence-electron chi connectivity index (χ1n) is 5.07. The van der Waals surface area contributed by atoms with Gasteiger partial charge in [0.15, 0.2) is 0 Å². The van der Waals surface area contributed by atoms with Crippen molar-refractivity contribution in [2.75, 3.05) is 13.6 Å². The molecule has 2 aromatic heterocycles. The molecule has 0 spiro atoms. The van der Waals surface area contributed by atoms with E-state index >= 15 is 0 Å². The standard InChI is InChI=1S/C9H12ClN5S2/c1-11-4-5-15-9(12-13-14-15)16-6-7-2-3-8(10)17-7/h2-3,11H,4-6H2,1H3. The first kappa shape index (κ1) is 12.8. The SMILES string of the molecule is CNCCn1nnnc1SCc1ccc(Cl)s1. The lowest BCUT2D eigenvalue weighted by Gasteiger charge is -2.02. The van der Waals surface area contributed by atoms with Gasteiger partial charge in [0.1, 0.15) is 0 Å². The highest BCUT2D eigenvalue weighted by Gasteiger charge is 2.07. The van der Waals surface area contributed by atoms with Crippen molar-refractivity contribution in [2.45, 2.75) is 17.5 Å². The molecule has 0 atom stereocenters. The lowest BCUT2D eigenvalue weighted by atomic mass is 10.5. The molecule has 17 heavy (non-hydrogen) atoms. The fourth-order valence-corrected chi connectivity index (χ4v) is 3.26.